The van der Waals surface area contributed by atoms with Gasteiger partial charge in [-0.3, -0.25) is 14.9 Å². The molecule has 7 nitrogen and oxygen atoms in total. The van der Waals surface area contributed by atoms with Gasteiger partial charge in [0.05, 0.1) is 15.4 Å². The minimum Gasteiger partial charge on any atom is -0.347 e. The Kier molecular flexibility index (Phi) is 3.71. The Morgan fingerprint density at radius 3 is 2.43 bits per heavy atom. The lowest BCUT2D eigenvalue weighted by molar-refractivity contribution is -0.385. The molecule has 1 aromatic carbocycles. The number of rotatable bonds is 4. The number of carbonyl (C=O) groups is 1. The van der Waals surface area contributed by atoms with Crippen LogP contribution in [0.2, 0.25) is 0 Å². The summed E-state index contributed by atoms with van der Waals surface area (Å²) in [5, 5.41) is 13.6. The first kappa shape index (κ1) is 15.7. The van der Waals surface area contributed by atoms with E-state index in [0.29, 0.717) is 0 Å². The molecule has 1 N–H and O–H groups in total. The molecule has 0 aromatic heterocycles. The molecule has 0 radical (unpaired) electrons. The van der Waals surface area contributed by atoms with E-state index in [1.54, 1.807) is 0 Å². The lowest BCUT2D eigenvalue weighted by Gasteiger charge is -2.14. The van der Waals surface area contributed by atoms with E-state index in [1.807, 2.05) is 6.92 Å². The van der Waals surface area contributed by atoms with E-state index in [9.17, 15) is 23.3 Å². The van der Waals surface area contributed by atoms with Gasteiger partial charge in [-0.1, -0.05) is 0 Å². The first-order chi connectivity index (χ1) is 9.53. The summed E-state index contributed by atoms with van der Waals surface area (Å²) in [5.41, 5.74) is -0.784. The fourth-order valence-electron chi connectivity index (χ4n) is 1.92. The van der Waals surface area contributed by atoms with Crippen molar-refractivity contribution < 1.29 is 18.1 Å². The van der Waals surface area contributed by atoms with E-state index in [-0.39, 0.29) is 16.7 Å². The summed E-state index contributed by atoms with van der Waals surface area (Å²) in [5.74, 6) is -0.544. The summed E-state index contributed by atoms with van der Waals surface area (Å²) >= 11 is 0. The number of nitro benzene ring substituents is 1. The van der Waals surface area contributed by atoms with Gasteiger partial charge in [0.15, 0.2) is 0 Å². The summed E-state index contributed by atoms with van der Waals surface area (Å²) < 4.78 is 23.0. The molecule has 9 heteroatoms. The molecule has 0 spiro atoms. The van der Waals surface area contributed by atoms with Gasteiger partial charge in [0, 0.05) is 28.4 Å². The maximum Gasteiger partial charge on any atom is 0.271 e. The van der Waals surface area contributed by atoms with Crippen LogP contribution in [-0.2, 0) is 9.05 Å². The SMILES string of the molecule is Cc1c(C(=O)NC2(C)CC2)cc([N+](=O)[O-])cc1S(=O)(=O)Cl. The zero-order valence-corrected chi connectivity index (χ0v) is 12.9. The summed E-state index contributed by atoms with van der Waals surface area (Å²) in [6, 6.07) is 1.91. The van der Waals surface area contributed by atoms with Crippen LogP contribution in [-0.4, -0.2) is 24.8 Å². The summed E-state index contributed by atoms with van der Waals surface area (Å²) in [7, 11) is 1.09. The quantitative estimate of drug-likeness (QED) is 0.516. The molecule has 21 heavy (non-hydrogen) atoms. The van der Waals surface area contributed by atoms with Crippen molar-refractivity contribution in [3.63, 3.8) is 0 Å². The highest BCUT2D eigenvalue weighted by molar-refractivity contribution is 8.13. The lowest BCUT2D eigenvalue weighted by Crippen LogP contribution is -2.34. The number of hydrogen-bond acceptors (Lipinski definition) is 5. The summed E-state index contributed by atoms with van der Waals surface area (Å²) in [6.45, 7) is 3.24. The van der Waals surface area contributed by atoms with Crippen molar-refractivity contribution in [2.75, 3.05) is 0 Å². The standard InChI is InChI=1S/C12H13ClN2O5S/c1-7-9(11(16)14-12(2)3-4-12)5-8(15(17)18)6-10(7)21(13,19)20/h5-6H,3-4H2,1-2H3,(H,14,16). The van der Waals surface area contributed by atoms with Crippen molar-refractivity contribution in [1.82, 2.24) is 5.32 Å². The number of nitro groups is 1. The molecule has 1 saturated carbocycles. The van der Waals surface area contributed by atoms with E-state index >= 15 is 0 Å². The number of halogens is 1. The van der Waals surface area contributed by atoms with E-state index < -0.39 is 30.5 Å². The highest BCUT2D eigenvalue weighted by Crippen LogP contribution is 2.35. The number of carbonyl (C=O) groups excluding carboxylic acids is 1. The van der Waals surface area contributed by atoms with Crippen molar-refractivity contribution in [2.45, 2.75) is 37.1 Å². The molecule has 1 aliphatic rings. The number of non-ortho nitro benzene ring substituents is 1. The Labute approximate surface area is 125 Å². The van der Waals surface area contributed by atoms with Crippen molar-refractivity contribution in [2.24, 2.45) is 0 Å². The average Bonchev–Trinajstić information content (AvgIpc) is 3.04. The zero-order chi connectivity index (χ0) is 16.0. The Bertz CT molecular complexity index is 740. The van der Waals surface area contributed by atoms with Gasteiger partial charge >= 0.3 is 0 Å². The molecule has 1 aliphatic carbocycles. The van der Waals surface area contributed by atoms with Gasteiger partial charge in [0.25, 0.3) is 20.6 Å². The monoisotopic (exact) mass is 332 g/mol. The Hall–Kier alpha value is -1.67. The molecule has 1 amide bonds. The molecule has 1 aromatic rings. The Morgan fingerprint density at radius 2 is 2.00 bits per heavy atom. The van der Waals surface area contributed by atoms with Gasteiger partial charge in [-0.15, -0.1) is 0 Å². The second-order valence-corrected chi connectivity index (χ2v) is 7.86. The van der Waals surface area contributed by atoms with Crippen LogP contribution in [0, 0.1) is 17.0 Å². The minimum atomic E-state index is -4.19. The van der Waals surface area contributed by atoms with Crippen molar-refractivity contribution in [1.29, 1.82) is 0 Å². The van der Waals surface area contributed by atoms with Gasteiger partial charge < -0.3 is 5.32 Å². The number of nitrogens with one attached hydrogen (secondary N) is 1. The van der Waals surface area contributed by atoms with Crippen LogP contribution in [0.4, 0.5) is 5.69 Å². The number of hydrogen-bond donors (Lipinski definition) is 1. The van der Waals surface area contributed by atoms with E-state index in [0.717, 1.165) is 25.0 Å². The molecule has 0 heterocycles. The minimum absolute atomic E-state index is 0.0587. The third kappa shape index (κ3) is 3.33. The van der Waals surface area contributed by atoms with Gasteiger partial charge in [0.2, 0.25) is 0 Å². The molecule has 114 valence electrons. The maximum absolute atomic E-state index is 12.2. The predicted octanol–water partition coefficient (Wildman–Crippen LogP) is 2.11. The number of benzene rings is 1. The fraction of sp³-hybridized carbons (Fsp3) is 0.417. The first-order valence-corrected chi connectivity index (χ1v) is 8.41. The molecule has 0 atom stereocenters. The molecule has 1 fully saturated rings. The third-order valence-corrected chi connectivity index (χ3v) is 4.93. The van der Waals surface area contributed by atoms with Crippen LogP contribution in [0.25, 0.3) is 0 Å². The summed E-state index contributed by atoms with van der Waals surface area (Å²) in [6.07, 6.45) is 1.63. The summed E-state index contributed by atoms with van der Waals surface area (Å²) in [4.78, 5) is 21.9. The molecular formula is C12H13ClN2O5S. The molecule has 0 bridgehead atoms. The largest absolute Gasteiger partial charge is 0.347 e. The smallest absolute Gasteiger partial charge is 0.271 e. The van der Waals surface area contributed by atoms with Crippen LogP contribution < -0.4 is 5.32 Å². The highest BCUT2D eigenvalue weighted by Gasteiger charge is 2.39. The van der Waals surface area contributed by atoms with Gasteiger partial charge in [0.1, 0.15) is 0 Å². The Balaban J connectivity index is 2.56. The van der Waals surface area contributed by atoms with Crippen molar-refractivity contribution >= 4 is 31.3 Å². The highest BCUT2D eigenvalue weighted by atomic mass is 35.7. The van der Waals surface area contributed by atoms with Crippen LogP contribution in [0.15, 0.2) is 17.0 Å². The van der Waals surface area contributed by atoms with E-state index in [2.05, 4.69) is 5.32 Å². The zero-order valence-electron chi connectivity index (χ0n) is 11.3. The van der Waals surface area contributed by atoms with Crippen LogP contribution in [0.5, 0.6) is 0 Å². The normalized spacial score (nSPS) is 16.3. The molecule has 0 unspecified atom stereocenters. The topological polar surface area (TPSA) is 106 Å². The Morgan fingerprint density at radius 1 is 1.43 bits per heavy atom. The van der Waals surface area contributed by atoms with Gasteiger partial charge in [-0.2, -0.15) is 0 Å². The molecular weight excluding hydrogens is 320 g/mol. The number of nitrogens with zero attached hydrogens (tertiary/aromatic N) is 1. The van der Waals surface area contributed by atoms with Gasteiger partial charge in [-0.25, -0.2) is 8.42 Å². The maximum atomic E-state index is 12.2. The van der Waals surface area contributed by atoms with Gasteiger partial charge in [-0.05, 0) is 32.3 Å². The number of amides is 1. The van der Waals surface area contributed by atoms with E-state index in [4.69, 9.17) is 10.7 Å². The third-order valence-electron chi connectivity index (χ3n) is 3.48. The second-order valence-electron chi connectivity index (χ2n) is 5.33. The van der Waals surface area contributed by atoms with Crippen molar-refractivity contribution in [3.05, 3.63) is 33.4 Å². The van der Waals surface area contributed by atoms with Crippen LogP contribution in [0.1, 0.15) is 35.7 Å². The molecule has 0 saturated heterocycles. The predicted molar refractivity (Wildman–Crippen MR) is 76.0 cm³/mol. The van der Waals surface area contributed by atoms with Crippen LogP contribution >= 0.6 is 10.7 Å². The first-order valence-electron chi connectivity index (χ1n) is 6.10. The molecule has 2 rings (SSSR count). The van der Waals surface area contributed by atoms with E-state index in [1.165, 1.54) is 6.92 Å². The van der Waals surface area contributed by atoms with Crippen molar-refractivity contribution in [3.8, 4) is 0 Å². The fourth-order valence-corrected chi connectivity index (χ4v) is 3.14. The molecule has 0 aliphatic heterocycles. The average molecular weight is 333 g/mol. The second kappa shape index (κ2) is 4.96. The lowest BCUT2D eigenvalue weighted by atomic mass is 10.1. The van der Waals surface area contributed by atoms with Crippen LogP contribution in [0.3, 0.4) is 0 Å².